The van der Waals surface area contributed by atoms with Crippen LogP contribution in [0.4, 0.5) is 4.39 Å². The van der Waals surface area contributed by atoms with Crippen molar-refractivity contribution in [2.24, 2.45) is 0 Å². The topological polar surface area (TPSA) is 80.3 Å². The minimum atomic E-state index is -4.13. The van der Waals surface area contributed by atoms with E-state index < -0.39 is 30.6 Å². The summed E-state index contributed by atoms with van der Waals surface area (Å²) in [6.07, 6.45) is 0.926. The molecule has 2 rings (SSSR count). The van der Waals surface area contributed by atoms with Crippen molar-refractivity contribution in [2.45, 2.75) is 16.3 Å². The lowest BCUT2D eigenvalue weighted by Gasteiger charge is -2.08. The third-order valence-electron chi connectivity index (χ3n) is 2.64. The predicted molar refractivity (Wildman–Crippen MR) is 77.9 cm³/mol. The van der Waals surface area contributed by atoms with Crippen LogP contribution < -0.4 is 4.72 Å². The van der Waals surface area contributed by atoms with Gasteiger partial charge in [-0.1, -0.05) is 6.07 Å². The molecular weight excluding hydrogens is 337 g/mol. The van der Waals surface area contributed by atoms with Gasteiger partial charge in [-0.05, 0) is 29.6 Å². The normalized spacial score (nSPS) is 12.5. The van der Waals surface area contributed by atoms with E-state index in [9.17, 15) is 21.2 Å². The molecule has 1 heterocycles. The fourth-order valence-electron chi connectivity index (χ4n) is 1.58. The van der Waals surface area contributed by atoms with Crippen molar-refractivity contribution in [1.29, 1.82) is 0 Å². The van der Waals surface area contributed by atoms with Gasteiger partial charge in [-0.3, -0.25) is 0 Å². The van der Waals surface area contributed by atoms with Crippen LogP contribution in [0, 0.1) is 5.82 Å². The summed E-state index contributed by atoms with van der Waals surface area (Å²) >= 11 is 1.35. The Balaban J connectivity index is 2.35. The van der Waals surface area contributed by atoms with Gasteiger partial charge in [0, 0.05) is 17.7 Å². The molecule has 0 bridgehead atoms. The third-order valence-corrected chi connectivity index (χ3v) is 6.04. The van der Waals surface area contributed by atoms with Crippen molar-refractivity contribution in [1.82, 2.24) is 4.72 Å². The first-order chi connectivity index (χ1) is 9.70. The Kier molecular flexibility index (Phi) is 4.47. The van der Waals surface area contributed by atoms with E-state index in [0.717, 1.165) is 29.3 Å². The summed E-state index contributed by atoms with van der Waals surface area (Å²) < 4.78 is 63.0. The molecule has 5 nitrogen and oxygen atoms in total. The first kappa shape index (κ1) is 16.1. The molecule has 0 saturated carbocycles. The smallest absolute Gasteiger partial charge is 0.224 e. The van der Waals surface area contributed by atoms with Crippen LogP contribution in [0.15, 0.2) is 45.5 Å². The van der Waals surface area contributed by atoms with E-state index in [4.69, 9.17) is 0 Å². The molecule has 0 aliphatic carbocycles. The molecule has 0 radical (unpaired) electrons. The van der Waals surface area contributed by atoms with Crippen LogP contribution in [0.25, 0.3) is 0 Å². The van der Waals surface area contributed by atoms with Gasteiger partial charge in [0.05, 0.1) is 4.90 Å². The highest BCUT2D eigenvalue weighted by molar-refractivity contribution is 7.91. The Morgan fingerprint density at radius 1 is 1.19 bits per heavy atom. The SMILES string of the molecule is CS(=O)(=O)c1ccc(F)c(S(=O)(=O)NCc2cccs2)c1. The van der Waals surface area contributed by atoms with Crippen LogP contribution in [0.1, 0.15) is 4.88 Å². The Hall–Kier alpha value is -1.29. The molecule has 0 unspecified atom stereocenters. The Morgan fingerprint density at radius 3 is 2.48 bits per heavy atom. The number of benzene rings is 1. The van der Waals surface area contributed by atoms with Crippen LogP contribution >= 0.6 is 11.3 Å². The van der Waals surface area contributed by atoms with E-state index in [-0.39, 0.29) is 11.4 Å². The number of hydrogen-bond donors (Lipinski definition) is 1. The fourth-order valence-corrected chi connectivity index (χ4v) is 4.14. The molecular formula is C12H12FNO4S3. The number of sulfonamides is 1. The minimum Gasteiger partial charge on any atom is -0.224 e. The van der Waals surface area contributed by atoms with Gasteiger partial charge in [-0.2, -0.15) is 0 Å². The molecule has 2 aromatic rings. The van der Waals surface area contributed by atoms with Gasteiger partial charge >= 0.3 is 0 Å². The molecule has 0 amide bonds. The van der Waals surface area contributed by atoms with Crippen LogP contribution in [0.3, 0.4) is 0 Å². The monoisotopic (exact) mass is 349 g/mol. The van der Waals surface area contributed by atoms with Crippen molar-refractivity contribution >= 4 is 31.2 Å². The Labute approximate surface area is 126 Å². The molecule has 1 aromatic carbocycles. The van der Waals surface area contributed by atoms with Crippen LogP contribution in [0.5, 0.6) is 0 Å². The number of rotatable bonds is 5. The summed E-state index contributed by atoms with van der Waals surface area (Å²) in [5.74, 6) is -0.999. The van der Waals surface area contributed by atoms with E-state index in [1.807, 2.05) is 0 Å². The van der Waals surface area contributed by atoms with Crippen molar-refractivity contribution in [3.8, 4) is 0 Å². The second kappa shape index (κ2) is 5.84. The van der Waals surface area contributed by atoms with Gasteiger partial charge in [0.2, 0.25) is 10.0 Å². The van der Waals surface area contributed by atoms with Gasteiger partial charge in [0.1, 0.15) is 10.7 Å². The summed E-state index contributed by atoms with van der Waals surface area (Å²) in [6, 6.07) is 6.18. The molecule has 0 aliphatic heterocycles. The summed E-state index contributed by atoms with van der Waals surface area (Å²) in [6.45, 7) is 0.0164. The summed E-state index contributed by atoms with van der Waals surface area (Å²) in [5, 5.41) is 1.79. The zero-order valence-electron chi connectivity index (χ0n) is 10.9. The van der Waals surface area contributed by atoms with Crippen LogP contribution in [0.2, 0.25) is 0 Å². The van der Waals surface area contributed by atoms with Crippen LogP contribution in [-0.4, -0.2) is 23.1 Å². The molecule has 1 N–H and O–H groups in total. The van der Waals surface area contributed by atoms with E-state index in [0.29, 0.717) is 0 Å². The lowest BCUT2D eigenvalue weighted by atomic mass is 10.3. The van der Waals surface area contributed by atoms with Crippen LogP contribution in [-0.2, 0) is 26.4 Å². The molecule has 0 fully saturated rings. The highest BCUT2D eigenvalue weighted by Gasteiger charge is 2.21. The van der Waals surface area contributed by atoms with E-state index in [1.54, 1.807) is 17.5 Å². The second-order valence-corrected chi connectivity index (χ2v) is 9.05. The predicted octanol–water partition coefficient (Wildman–Crippen LogP) is 1.77. The maximum Gasteiger partial charge on any atom is 0.243 e. The van der Waals surface area contributed by atoms with Gasteiger partial charge in [-0.15, -0.1) is 11.3 Å². The highest BCUT2D eigenvalue weighted by atomic mass is 32.2. The molecule has 0 spiro atoms. The third kappa shape index (κ3) is 3.88. The second-order valence-electron chi connectivity index (χ2n) is 4.27. The molecule has 0 saturated heterocycles. The lowest BCUT2D eigenvalue weighted by molar-refractivity contribution is 0.555. The van der Waals surface area contributed by atoms with Gasteiger partial charge in [-0.25, -0.2) is 25.9 Å². The molecule has 1 aromatic heterocycles. The number of thiophene rings is 1. The number of sulfone groups is 1. The summed E-state index contributed by atoms with van der Waals surface area (Å²) in [5.41, 5.74) is 0. The minimum absolute atomic E-state index is 0.0164. The van der Waals surface area contributed by atoms with Crippen molar-refractivity contribution in [3.05, 3.63) is 46.4 Å². The first-order valence-electron chi connectivity index (χ1n) is 5.72. The summed E-state index contributed by atoms with van der Waals surface area (Å²) in [4.78, 5) is -0.166. The van der Waals surface area contributed by atoms with Crippen molar-refractivity contribution < 1.29 is 21.2 Å². The molecule has 0 aliphatic rings. The number of nitrogens with one attached hydrogen (secondary N) is 1. The molecule has 114 valence electrons. The van der Waals surface area contributed by atoms with Gasteiger partial charge in [0.25, 0.3) is 0 Å². The van der Waals surface area contributed by atoms with Gasteiger partial charge < -0.3 is 0 Å². The van der Waals surface area contributed by atoms with Crippen molar-refractivity contribution in [3.63, 3.8) is 0 Å². The van der Waals surface area contributed by atoms with Crippen molar-refractivity contribution in [2.75, 3.05) is 6.26 Å². The largest absolute Gasteiger partial charge is 0.243 e. The Bertz CT molecular complexity index is 843. The number of halogens is 1. The molecule has 9 heteroatoms. The molecule has 0 atom stereocenters. The highest BCUT2D eigenvalue weighted by Crippen LogP contribution is 2.20. The summed E-state index contributed by atoms with van der Waals surface area (Å²) in [7, 11) is -7.75. The Morgan fingerprint density at radius 2 is 1.90 bits per heavy atom. The zero-order chi connectivity index (χ0) is 15.7. The van der Waals surface area contributed by atoms with E-state index in [1.165, 1.54) is 11.3 Å². The molecule has 21 heavy (non-hydrogen) atoms. The maximum atomic E-state index is 13.7. The lowest BCUT2D eigenvalue weighted by Crippen LogP contribution is -2.24. The average Bonchev–Trinajstić information content (AvgIpc) is 2.88. The standard InChI is InChI=1S/C12H12FNO4S3/c1-20(15,16)10-4-5-11(13)12(7-10)21(17,18)14-8-9-3-2-6-19-9/h2-7,14H,8H2,1H3. The first-order valence-corrected chi connectivity index (χ1v) is 9.97. The van der Waals surface area contributed by atoms with E-state index >= 15 is 0 Å². The zero-order valence-corrected chi connectivity index (χ0v) is 13.4. The fraction of sp³-hybridized carbons (Fsp3) is 0.167. The average molecular weight is 349 g/mol. The quantitative estimate of drug-likeness (QED) is 0.834. The van der Waals surface area contributed by atoms with E-state index in [2.05, 4.69) is 4.72 Å². The number of hydrogen-bond acceptors (Lipinski definition) is 5. The van der Waals surface area contributed by atoms with Gasteiger partial charge in [0.15, 0.2) is 9.84 Å². The maximum absolute atomic E-state index is 13.7.